The lowest BCUT2D eigenvalue weighted by atomic mass is 10.1. The van der Waals surface area contributed by atoms with E-state index in [-0.39, 0.29) is 28.7 Å². The van der Waals surface area contributed by atoms with Gasteiger partial charge in [0.1, 0.15) is 6.54 Å². The molecule has 29 heavy (non-hydrogen) atoms. The molecule has 0 aliphatic carbocycles. The topological polar surface area (TPSA) is 140 Å². The molecule has 1 N–H and O–H groups in total. The second-order valence-corrected chi connectivity index (χ2v) is 7.10. The van der Waals surface area contributed by atoms with E-state index in [4.69, 9.17) is 9.47 Å². The summed E-state index contributed by atoms with van der Waals surface area (Å²) < 4.78 is 10.1. The number of phenols is 1. The Bertz CT molecular complexity index is 910. The molecule has 3 rings (SSSR count). The Morgan fingerprint density at radius 2 is 2.07 bits per heavy atom. The zero-order chi connectivity index (χ0) is 21.1. The second kappa shape index (κ2) is 8.49. The van der Waals surface area contributed by atoms with Crippen LogP contribution in [0, 0.1) is 10.1 Å². The van der Waals surface area contributed by atoms with Gasteiger partial charge in [0, 0.05) is 19.2 Å². The van der Waals surface area contributed by atoms with Crippen LogP contribution < -0.4 is 4.74 Å². The van der Waals surface area contributed by atoms with E-state index >= 15 is 0 Å². The van der Waals surface area contributed by atoms with E-state index in [1.165, 1.54) is 24.2 Å². The summed E-state index contributed by atoms with van der Waals surface area (Å²) in [5, 5.41) is 20.3. The molecule has 0 atom stereocenters. The SMILES string of the molecule is COc1cc(/C=C2\SC(=O)N(CC(=O)N3CCOCC3)C2=O)cc([N+](=O)[O-])c1O. The number of nitrogens with zero attached hydrogens (tertiary/aromatic N) is 3. The van der Waals surface area contributed by atoms with Crippen molar-refractivity contribution in [3.63, 3.8) is 0 Å². The van der Waals surface area contributed by atoms with Gasteiger partial charge in [-0.3, -0.25) is 29.4 Å². The first-order valence-electron chi connectivity index (χ1n) is 8.48. The number of aromatic hydroxyl groups is 1. The number of thioether (sulfide) groups is 1. The highest BCUT2D eigenvalue weighted by Gasteiger charge is 2.37. The summed E-state index contributed by atoms with van der Waals surface area (Å²) in [7, 11) is 1.23. The van der Waals surface area contributed by atoms with E-state index in [2.05, 4.69) is 0 Å². The molecule has 0 saturated carbocycles. The molecule has 0 spiro atoms. The lowest BCUT2D eigenvalue weighted by Crippen LogP contribution is -2.46. The number of phenolic OH excluding ortho intramolecular Hbond substituents is 1. The average Bonchev–Trinajstić information content (AvgIpc) is 2.96. The van der Waals surface area contributed by atoms with Crippen molar-refractivity contribution < 1.29 is 33.9 Å². The first-order valence-corrected chi connectivity index (χ1v) is 9.29. The van der Waals surface area contributed by atoms with Crippen molar-refractivity contribution >= 4 is 40.6 Å². The first kappa shape index (κ1) is 20.6. The number of nitro benzene ring substituents is 1. The van der Waals surface area contributed by atoms with Crippen molar-refractivity contribution in [1.29, 1.82) is 0 Å². The molecule has 2 fully saturated rings. The normalized spacial score (nSPS) is 18.4. The van der Waals surface area contributed by atoms with Gasteiger partial charge in [-0.15, -0.1) is 0 Å². The standard InChI is InChI=1S/C17H17N3O8S/c1-27-12-7-10(6-11(15(12)22)20(25)26)8-13-16(23)19(17(24)29-13)9-14(21)18-2-4-28-5-3-18/h6-8,22H,2-5,9H2,1H3/b13-8-. The first-order chi connectivity index (χ1) is 13.8. The summed E-state index contributed by atoms with van der Waals surface area (Å²) in [4.78, 5) is 49.8. The van der Waals surface area contributed by atoms with E-state index in [0.29, 0.717) is 38.1 Å². The molecule has 12 heteroatoms. The van der Waals surface area contributed by atoms with Crippen LogP contribution in [0.2, 0.25) is 0 Å². The summed E-state index contributed by atoms with van der Waals surface area (Å²) in [5.74, 6) is -1.82. The summed E-state index contributed by atoms with van der Waals surface area (Å²) in [6.07, 6.45) is 1.28. The van der Waals surface area contributed by atoms with Gasteiger partial charge in [-0.05, 0) is 29.5 Å². The number of nitro groups is 1. The highest BCUT2D eigenvalue weighted by atomic mass is 32.2. The summed E-state index contributed by atoms with van der Waals surface area (Å²) in [6.45, 7) is 1.19. The van der Waals surface area contributed by atoms with Crippen LogP contribution in [0.15, 0.2) is 17.0 Å². The Kier molecular flexibility index (Phi) is 6.03. The third kappa shape index (κ3) is 4.32. The number of methoxy groups -OCH3 is 1. The van der Waals surface area contributed by atoms with Crippen LogP contribution in [-0.4, -0.2) is 76.8 Å². The average molecular weight is 423 g/mol. The number of rotatable bonds is 5. The van der Waals surface area contributed by atoms with Crippen molar-refractivity contribution in [1.82, 2.24) is 9.80 Å². The Morgan fingerprint density at radius 1 is 1.38 bits per heavy atom. The molecule has 2 aliphatic heterocycles. The van der Waals surface area contributed by atoms with Crippen molar-refractivity contribution in [2.45, 2.75) is 0 Å². The molecule has 3 amide bonds. The molecule has 11 nitrogen and oxygen atoms in total. The van der Waals surface area contributed by atoms with Crippen LogP contribution in [0.4, 0.5) is 10.5 Å². The number of amides is 3. The number of morpholine rings is 1. The molecule has 2 heterocycles. The Labute approximate surface area is 169 Å². The van der Waals surface area contributed by atoms with E-state index in [1.807, 2.05) is 0 Å². The van der Waals surface area contributed by atoms with Crippen molar-refractivity contribution in [2.75, 3.05) is 40.0 Å². The third-order valence-electron chi connectivity index (χ3n) is 4.32. The largest absolute Gasteiger partial charge is 0.500 e. The minimum absolute atomic E-state index is 0.00631. The zero-order valence-electron chi connectivity index (χ0n) is 15.3. The molecule has 0 unspecified atom stereocenters. The van der Waals surface area contributed by atoms with Crippen molar-refractivity contribution in [2.24, 2.45) is 0 Å². The fraction of sp³-hybridized carbons (Fsp3) is 0.353. The quantitative estimate of drug-likeness (QED) is 0.420. The summed E-state index contributed by atoms with van der Waals surface area (Å²) in [6, 6.07) is 2.36. The molecule has 0 aromatic heterocycles. The summed E-state index contributed by atoms with van der Waals surface area (Å²) in [5.41, 5.74) is -0.409. The number of imide groups is 1. The van der Waals surface area contributed by atoms with Gasteiger partial charge in [0.05, 0.1) is 30.2 Å². The maximum atomic E-state index is 12.6. The highest BCUT2D eigenvalue weighted by Crippen LogP contribution is 2.39. The van der Waals surface area contributed by atoms with E-state index < -0.39 is 27.5 Å². The van der Waals surface area contributed by atoms with Crippen LogP contribution in [0.3, 0.4) is 0 Å². The van der Waals surface area contributed by atoms with Crippen molar-refractivity contribution in [3.8, 4) is 11.5 Å². The predicted molar refractivity (Wildman–Crippen MR) is 101 cm³/mol. The third-order valence-corrected chi connectivity index (χ3v) is 5.23. The molecular weight excluding hydrogens is 406 g/mol. The Balaban J connectivity index is 1.82. The molecule has 2 aliphatic rings. The molecule has 154 valence electrons. The molecular formula is C17H17N3O8S. The number of hydrogen-bond donors (Lipinski definition) is 1. The number of carbonyl (C=O) groups is 3. The van der Waals surface area contributed by atoms with Gasteiger partial charge in [-0.2, -0.15) is 0 Å². The second-order valence-electron chi connectivity index (χ2n) is 6.11. The lowest BCUT2D eigenvalue weighted by molar-refractivity contribution is -0.386. The Morgan fingerprint density at radius 3 is 2.69 bits per heavy atom. The van der Waals surface area contributed by atoms with Gasteiger partial charge in [-0.25, -0.2) is 0 Å². The molecule has 0 radical (unpaired) electrons. The minimum atomic E-state index is -0.790. The number of carbonyl (C=O) groups excluding carboxylic acids is 3. The predicted octanol–water partition coefficient (Wildman–Crippen LogP) is 1.20. The highest BCUT2D eigenvalue weighted by molar-refractivity contribution is 8.18. The smallest absolute Gasteiger partial charge is 0.315 e. The van der Waals surface area contributed by atoms with Crippen LogP contribution >= 0.6 is 11.8 Å². The molecule has 1 aromatic rings. The monoisotopic (exact) mass is 423 g/mol. The fourth-order valence-corrected chi connectivity index (χ4v) is 3.67. The number of hydrogen-bond acceptors (Lipinski definition) is 9. The van der Waals surface area contributed by atoms with Gasteiger partial charge in [0.2, 0.25) is 11.7 Å². The molecule has 0 bridgehead atoms. The fourth-order valence-electron chi connectivity index (χ4n) is 2.83. The summed E-state index contributed by atoms with van der Waals surface area (Å²) >= 11 is 0.627. The zero-order valence-corrected chi connectivity index (χ0v) is 16.1. The Hall–Kier alpha value is -3.12. The number of benzene rings is 1. The van der Waals surface area contributed by atoms with Gasteiger partial charge in [0.15, 0.2) is 5.75 Å². The van der Waals surface area contributed by atoms with E-state index in [1.54, 1.807) is 0 Å². The van der Waals surface area contributed by atoms with Crippen LogP contribution in [-0.2, 0) is 14.3 Å². The van der Waals surface area contributed by atoms with Gasteiger partial charge in [0.25, 0.3) is 11.1 Å². The van der Waals surface area contributed by atoms with Gasteiger partial charge >= 0.3 is 5.69 Å². The minimum Gasteiger partial charge on any atom is -0.500 e. The van der Waals surface area contributed by atoms with Gasteiger partial charge < -0.3 is 19.5 Å². The van der Waals surface area contributed by atoms with Crippen LogP contribution in [0.25, 0.3) is 6.08 Å². The van der Waals surface area contributed by atoms with Gasteiger partial charge in [-0.1, -0.05) is 0 Å². The maximum Gasteiger partial charge on any atom is 0.315 e. The lowest BCUT2D eigenvalue weighted by Gasteiger charge is -2.28. The van der Waals surface area contributed by atoms with Crippen LogP contribution in [0.1, 0.15) is 5.56 Å². The van der Waals surface area contributed by atoms with Crippen LogP contribution in [0.5, 0.6) is 11.5 Å². The van der Waals surface area contributed by atoms with Crippen molar-refractivity contribution in [3.05, 3.63) is 32.7 Å². The molecule has 1 aromatic carbocycles. The number of ether oxygens (including phenoxy) is 2. The van der Waals surface area contributed by atoms with E-state index in [0.717, 1.165) is 11.0 Å². The van der Waals surface area contributed by atoms with E-state index in [9.17, 15) is 29.6 Å². The molecule has 2 saturated heterocycles. The maximum absolute atomic E-state index is 12.6.